The predicted molar refractivity (Wildman–Crippen MR) is 75.9 cm³/mol. The lowest BCUT2D eigenvalue weighted by atomic mass is 9.79. The fraction of sp³-hybridized carbons (Fsp3) is 0.647. The number of rotatable bonds is 3. The van der Waals surface area contributed by atoms with Gasteiger partial charge in [-0.15, -0.1) is 0 Å². The molecular weight excluding hydrogens is 236 g/mol. The van der Waals surface area contributed by atoms with Gasteiger partial charge in [0.15, 0.2) is 0 Å². The Bertz CT molecular complexity index is 395. The van der Waals surface area contributed by atoms with E-state index in [1.54, 1.807) is 0 Å². The van der Waals surface area contributed by atoms with Crippen LogP contribution < -0.4 is 0 Å². The summed E-state index contributed by atoms with van der Waals surface area (Å²) in [5, 5.41) is 9.32. The highest BCUT2D eigenvalue weighted by molar-refractivity contribution is 5.20. The summed E-state index contributed by atoms with van der Waals surface area (Å²) in [6, 6.07) is 10.5. The molecule has 0 amide bonds. The van der Waals surface area contributed by atoms with Crippen LogP contribution >= 0.6 is 0 Å². The van der Waals surface area contributed by atoms with Crippen LogP contribution in [0.3, 0.4) is 0 Å². The van der Waals surface area contributed by atoms with Crippen molar-refractivity contribution in [1.82, 2.24) is 0 Å². The maximum Gasteiger partial charge on any atom is 0.0862 e. The Balaban J connectivity index is 1.81. The molecule has 0 aromatic heterocycles. The molecule has 2 fully saturated rings. The molecule has 1 N–H and O–H groups in total. The Hall–Kier alpha value is -0.860. The standard InChI is InChI=1S/C17H24O2/c18-12-9-15-13-17(10-5-2-6-11-17)19-16(15)14-7-3-1-4-8-14/h1,3-4,7-8,15-16,18H,2,5-6,9-13H2/t15-,16+/m1/s1. The van der Waals surface area contributed by atoms with Crippen molar-refractivity contribution in [3.05, 3.63) is 35.9 Å². The maximum atomic E-state index is 9.32. The highest BCUT2D eigenvalue weighted by Gasteiger charge is 2.46. The van der Waals surface area contributed by atoms with Gasteiger partial charge >= 0.3 is 0 Å². The molecule has 1 aromatic rings. The second-order valence-corrected chi connectivity index (χ2v) is 6.17. The minimum Gasteiger partial charge on any atom is -0.396 e. The Morgan fingerprint density at radius 2 is 1.84 bits per heavy atom. The van der Waals surface area contributed by atoms with Crippen LogP contribution in [-0.2, 0) is 4.74 Å². The van der Waals surface area contributed by atoms with Crippen LogP contribution in [0.4, 0.5) is 0 Å². The topological polar surface area (TPSA) is 29.5 Å². The lowest BCUT2D eigenvalue weighted by Gasteiger charge is -2.33. The van der Waals surface area contributed by atoms with Crippen molar-refractivity contribution >= 4 is 0 Å². The Labute approximate surface area is 115 Å². The first-order chi connectivity index (χ1) is 9.33. The summed E-state index contributed by atoms with van der Waals surface area (Å²) < 4.78 is 6.53. The zero-order chi connectivity index (χ0) is 13.1. The van der Waals surface area contributed by atoms with Crippen LogP contribution in [0.15, 0.2) is 30.3 Å². The van der Waals surface area contributed by atoms with Crippen LogP contribution in [0.2, 0.25) is 0 Å². The highest BCUT2D eigenvalue weighted by atomic mass is 16.5. The number of benzene rings is 1. The Morgan fingerprint density at radius 1 is 1.11 bits per heavy atom. The van der Waals surface area contributed by atoms with Gasteiger partial charge in [-0.3, -0.25) is 0 Å². The van der Waals surface area contributed by atoms with E-state index in [1.165, 1.54) is 37.7 Å². The summed E-state index contributed by atoms with van der Waals surface area (Å²) in [6.45, 7) is 0.271. The SMILES string of the molecule is OCC[C@@H]1CC2(CCCCC2)O[C@H]1c1ccccc1. The molecule has 0 bridgehead atoms. The minimum atomic E-state index is 0.110. The maximum absolute atomic E-state index is 9.32. The van der Waals surface area contributed by atoms with Crippen molar-refractivity contribution in [3.8, 4) is 0 Å². The van der Waals surface area contributed by atoms with Crippen molar-refractivity contribution in [2.75, 3.05) is 6.61 Å². The summed E-state index contributed by atoms with van der Waals surface area (Å²) in [6.07, 6.45) is 8.55. The fourth-order valence-corrected chi connectivity index (χ4v) is 3.92. The van der Waals surface area contributed by atoms with Crippen molar-refractivity contribution in [2.24, 2.45) is 5.92 Å². The zero-order valence-corrected chi connectivity index (χ0v) is 11.6. The summed E-state index contributed by atoms with van der Waals surface area (Å²) >= 11 is 0. The van der Waals surface area contributed by atoms with Crippen molar-refractivity contribution in [3.63, 3.8) is 0 Å². The third-order valence-electron chi connectivity index (χ3n) is 4.83. The molecule has 104 valence electrons. The van der Waals surface area contributed by atoms with E-state index in [2.05, 4.69) is 30.3 Å². The Morgan fingerprint density at radius 3 is 2.53 bits per heavy atom. The first-order valence-electron chi connectivity index (χ1n) is 7.67. The first kappa shape index (κ1) is 13.1. The highest BCUT2D eigenvalue weighted by Crippen LogP contribution is 2.51. The molecular formula is C17H24O2. The molecule has 3 rings (SSSR count). The lowest BCUT2D eigenvalue weighted by Crippen LogP contribution is -2.30. The monoisotopic (exact) mass is 260 g/mol. The minimum absolute atomic E-state index is 0.110. The van der Waals surface area contributed by atoms with Crippen LogP contribution in [0.1, 0.15) is 56.6 Å². The number of ether oxygens (including phenoxy) is 1. The lowest BCUT2D eigenvalue weighted by molar-refractivity contribution is -0.0685. The molecule has 1 aliphatic heterocycles. The summed E-state index contributed by atoms with van der Waals surface area (Å²) in [5.41, 5.74) is 1.39. The summed E-state index contributed by atoms with van der Waals surface area (Å²) in [4.78, 5) is 0. The van der Waals surface area contributed by atoms with E-state index in [0.717, 1.165) is 12.8 Å². The predicted octanol–water partition coefficient (Wildman–Crippen LogP) is 3.85. The fourth-order valence-electron chi connectivity index (χ4n) is 3.92. The molecule has 1 heterocycles. The van der Waals surface area contributed by atoms with Gasteiger partial charge in [-0.1, -0.05) is 49.6 Å². The molecule has 19 heavy (non-hydrogen) atoms. The van der Waals surface area contributed by atoms with Crippen molar-refractivity contribution in [1.29, 1.82) is 0 Å². The van der Waals surface area contributed by atoms with Crippen LogP contribution in [0.5, 0.6) is 0 Å². The van der Waals surface area contributed by atoms with E-state index < -0.39 is 0 Å². The quantitative estimate of drug-likeness (QED) is 0.894. The van der Waals surface area contributed by atoms with E-state index in [1.807, 2.05) is 0 Å². The molecule has 2 nitrogen and oxygen atoms in total. The molecule has 1 aliphatic carbocycles. The number of hydrogen-bond acceptors (Lipinski definition) is 2. The molecule has 1 aromatic carbocycles. The molecule has 1 saturated heterocycles. The second kappa shape index (κ2) is 5.64. The van der Waals surface area contributed by atoms with Gasteiger partial charge in [0, 0.05) is 6.61 Å². The van der Waals surface area contributed by atoms with Gasteiger partial charge in [0.05, 0.1) is 11.7 Å². The smallest absolute Gasteiger partial charge is 0.0862 e. The van der Waals surface area contributed by atoms with Gasteiger partial charge in [-0.2, -0.15) is 0 Å². The molecule has 0 radical (unpaired) electrons. The number of hydrogen-bond donors (Lipinski definition) is 1. The largest absolute Gasteiger partial charge is 0.396 e. The average molecular weight is 260 g/mol. The van der Waals surface area contributed by atoms with Crippen molar-refractivity contribution in [2.45, 2.75) is 56.7 Å². The zero-order valence-electron chi connectivity index (χ0n) is 11.6. The average Bonchev–Trinajstić information content (AvgIpc) is 2.79. The van der Waals surface area contributed by atoms with Crippen LogP contribution in [0, 0.1) is 5.92 Å². The van der Waals surface area contributed by atoms with Crippen LogP contribution in [-0.4, -0.2) is 17.3 Å². The first-order valence-corrected chi connectivity index (χ1v) is 7.67. The second-order valence-electron chi connectivity index (χ2n) is 6.17. The molecule has 1 spiro atoms. The van der Waals surface area contributed by atoms with Crippen LogP contribution in [0.25, 0.3) is 0 Å². The molecule has 1 saturated carbocycles. The van der Waals surface area contributed by atoms with E-state index >= 15 is 0 Å². The van der Waals surface area contributed by atoms with E-state index in [-0.39, 0.29) is 18.3 Å². The van der Waals surface area contributed by atoms with Gasteiger partial charge in [0.1, 0.15) is 0 Å². The van der Waals surface area contributed by atoms with Gasteiger partial charge < -0.3 is 9.84 Å². The molecule has 0 unspecified atom stereocenters. The van der Waals surface area contributed by atoms with Crippen molar-refractivity contribution < 1.29 is 9.84 Å². The van der Waals surface area contributed by atoms with Gasteiger partial charge in [0.25, 0.3) is 0 Å². The van der Waals surface area contributed by atoms with E-state index in [4.69, 9.17) is 4.74 Å². The Kier molecular flexibility index (Phi) is 3.90. The summed E-state index contributed by atoms with van der Waals surface area (Å²) in [5.74, 6) is 0.477. The normalized spacial score (nSPS) is 29.7. The third kappa shape index (κ3) is 2.70. The number of aliphatic hydroxyl groups excluding tert-OH is 1. The van der Waals surface area contributed by atoms with Gasteiger partial charge in [-0.05, 0) is 37.2 Å². The number of aliphatic hydroxyl groups is 1. The van der Waals surface area contributed by atoms with Gasteiger partial charge in [-0.25, -0.2) is 0 Å². The third-order valence-corrected chi connectivity index (χ3v) is 4.83. The molecule has 2 heteroatoms. The van der Waals surface area contributed by atoms with Gasteiger partial charge in [0.2, 0.25) is 0 Å². The summed E-state index contributed by atoms with van der Waals surface area (Å²) in [7, 11) is 0. The molecule has 2 aliphatic rings. The van der Waals surface area contributed by atoms with E-state index in [9.17, 15) is 5.11 Å². The van der Waals surface area contributed by atoms with E-state index in [0.29, 0.717) is 5.92 Å². The molecule has 2 atom stereocenters.